The molecule has 210 valence electrons. The molecule has 0 aliphatic carbocycles. The van der Waals surface area contributed by atoms with E-state index >= 15 is 0 Å². The summed E-state index contributed by atoms with van der Waals surface area (Å²) in [4.78, 5) is 19.8. The minimum Gasteiger partial charge on any atom is -0.426 e. The van der Waals surface area contributed by atoms with Gasteiger partial charge in [0.25, 0.3) is 11.9 Å². The number of rotatable bonds is 11. The number of nitrogens with zero attached hydrogens (tertiary/aromatic N) is 1. The van der Waals surface area contributed by atoms with Gasteiger partial charge < -0.3 is 29.2 Å². The van der Waals surface area contributed by atoms with Crippen LogP contribution in [0.1, 0.15) is 52.3 Å². The van der Waals surface area contributed by atoms with Crippen LogP contribution in [0.2, 0.25) is 5.02 Å². The molecule has 3 aromatic rings. The van der Waals surface area contributed by atoms with E-state index in [1.807, 2.05) is 0 Å². The van der Waals surface area contributed by atoms with Crippen LogP contribution in [0.15, 0.2) is 48.5 Å². The zero-order chi connectivity index (χ0) is 27.8. The molecule has 1 saturated heterocycles. The van der Waals surface area contributed by atoms with Crippen LogP contribution in [0.5, 0.6) is 17.5 Å². The van der Waals surface area contributed by atoms with Gasteiger partial charge in [0.05, 0.1) is 17.1 Å². The topological polar surface area (TPSA) is 94.7 Å². The van der Waals surface area contributed by atoms with Crippen molar-refractivity contribution in [3.05, 3.63) is 70.5 Å². The van der Waals surface area contributed by atoms with Gasteiger partial charge in [0, 0.05) is 24.2 Å². The van der Waals surface area contributed by atoms with Crippen LogP contribution < -0.4 is 14.8 Å². The minimum atomic E-state index is -4.85. The van der Waals surface area contributed by atoms with E-state index < -0.39 is 22.8 Å². The van der Waals surface area contributed by atoms with Crippen molar-refractivity contribution in [1.29, 1.82) is 0 Å². The Hall–Kier alpha value is -2.80. The first kappa shape index (κ1) is 29.2. The molecule has 1 aromatic heterocycles. The summed E-state index contributed by atoms with van der Waals surface area (Å²) in [7, 11) is 0. The lowest BCUT2D eigenvalue weighted by Crippen LogP contribution is -2.28. The largest absolute Gasteiger partial charge is 0.573 e. The molecule has 0 spiro atoms. The van der Waals surface area contributed by atoms with Crippen LogP contribution in [0.25, 0.3) is 0 Å². The second kappa shape index (κ2) is 13.5. The highest BCUT2D eigenvalue weighted by Gasteiger charge is 2.31. The molecule has 39 heavy (non-hydrogen) atoms. The van der Waals surface area contributed by atoms with Crippen molar-refractivity contribution >= 4 is 33.4 Å². The third-order valence-corrected chi connectivity index (χ3v) is 6.88. The molecular weight excluding hydrogens is 607 g/mol. The molecule has 0 saturated carbocycles. The molecule has 2 N–H and O–H groups in total. The van der Waals surface area contributed by atoms with Crippen LogP contribution in [-0.2, 0) is 9.47 Å². The van der Waals surface area contributed by atoms with Crippen molar-refractivity contribution in [2.75, 3.05) is 19.8 Å². The van der Waals surface area contributed by atoms with Crippen molar-refractivity contribution in [3.8, 4) is 17.5 Å². The first-order chi connectivity index (χ1) is 18.7. The van der Waals surface area contributed by atoms with Crippen LogP contribution in [0.4, 0.5) is 13.2 Å². The maximum atomic E-state index is 13.1. The van der Waals surface area contributed by atoms with Gasteiger partial charge in [0.15, 0.2) is 12.0 Å². The number of carbonyl (C=O) groups is 1. The van der Waals surface area contributed by atoms with Crippen LogP contribution in [0, 0.1) is 0 Å². The Labute approximate surface area is 236 Å². The van der Waals surface area contributed by atoms with Gasteiger partial charge in [-0.1, -0.05) is 45.7 Å². The third kappa shape index (κ3) is 8.85. The number of alkyl halides is 4. The zero-order valence-corrected chi connectivity index (χ0v) is 22.9. The number of nitrogens with one attached hydrogen (secondary N) is 2. The smallest absolute Gasteiger partial charge is 0.426 e. The molecular formula is C26H26BrClF3N3O5. The number of aromatic nitrogens is 2. The fraction of sp³-hybridized carbons (Fsp3) is 0.385. The van der Waals surface area contributed by atoms with Gasteiger partial charge in [0.1, 0.15) is 11.5 Å². The number of halogens is 5. The monoisotopic (exact) mass is 631 g/mol. The van der Waals surface area contributed by atoms with Crippen molar-refractivity contribution < 1.29 is 36.9 Å². The van der Waals surface area contributed by atoms with Gasteiger partial charge in [0.2, 0.25) is 0 Å². The summed E-state index contributed by atoms with van der Waals surface area (Å²) >= 11 is 9.60. The van der Waals surface area contributed by atoms with Crippen LogP contribution in [0.3, 0.4) is 0 Å². The number of ether oxygens (including phenoxy) is 4. The third-order valence-electron chi connectivity index (χ3n) is 5.64. The number of H-pyrrole nitrogens is 1. The predicted molar refractivity (Wildman–Crippen MR) is 141 cm³/mol. The van der Waals surface area contributed by atoms with Gasteiger partial charge in [-0.25, -0.2) is 0 Å². The summed E-state index contributed by atoms with van der Waals surface area (Å²) < 4.78 is 58.7. The fourth-order valence-electron chi connectivity index (χ4n) is 3.83. The molecule has 1 aliphatic heterocycles. The van der Waals surface area contributed by atoms with Gasteiger partial charge >= 0.3 is 6.36 Å². The number of aromatic amines is 1. The fourth-order valence-corrected chi connectivity index (χ4v) is 4.59. The van der Waals surface area contributed by atoms with E-state index in [2.05, 4.69) is 36.0 Å². The molecule has 2 atom stereocenters. The SMILES string of the molecule is O=C(NCCCOC1CCCCO1)c1nc(Oc2cccc(OC(F)(F)F)c2)[nH]c1C(Br)c1ccc(Cl)cc1. The quantitative estimate of drug-likeness (QED) is 0.176. The average molecular weight is 633 g/mol. The lowest BCUT2D eigenvalue weighted by atomic mass is 10.1. The molecule has 0 radical (unpaired) electrons. The van der Waals surface area contributed by atoms with Crippen molar-refractivity contribution in [2.24, 2.45) is 0 Å². The highest BCUT2D eigenvalue weighted by molar-refractivity contribution is 9.09. The molecule has 13 heteroatoms. The maximum absolute atomic E-state index is 13.1. The number of amides is 1. The van der Waals surface area contributed by atoms with Crippen LogP contribution in [-0.4, -0.2) is 48.3 Å². The molecule has 8 nitrogen and oxygen atoms in total. The number of benzene rings is 2. The molecule has 1 aliphatic rings. The summed E-state index contributed by atoms with van der Waals surface area (Å²) in [6, 6.07) is 11.9. The second-order valence-corrected chi connectivity index (χ2v) is 9.97. The molecule has 1 amide bonds. The molecule has 4 rings (SSSR count). The average Bonchev–Trinajstić information content (AvgIpc) is 3.32. The van der Waals surface area contributed by atoms with Crippen LogP contribution >= 0.6 is 27.5 Å². The second-order valence-electron chi connectivity index (χ2n) is 8.62. The standard InChI is InChI=1S/C26H26BrClF3N3O5/c27-21(16-8-10-17(28)11-9-16)22-23(24(35)32-12-4-14-37-20-7-1-2-13-36-20)34-25(33-22)38-18-5-3-6-19(15-18)39-26(29,30)31/h3,5-6,8-11,15,20-21H,1-2,4,7,12-14H2,(H,32,35)(H,33,34). The van der Waals surface area contributed by atoms with E-state index in [0.29, 0.717) is 36.9 Å². The summed E-state index contributed by atoms with van der Waals surface area (Å²) in [5.41, 5.74) is 1.23. The van der Waals surface area contributed by atoms with Crippen molar-refractivity contribution in [3.63, 3.8) is 0 Å². The van der Waals surface area contributed by atoms with E-state index in [0.717, 1.165) is 37.0 Å². The lowest BCUT2D eigenvalue weighted by Gasteiger charge is -2.22. The maximum Gasteiger partial charge on any atom is 0.573 e. The molecule has 1 fully saturated rings. The Morgan fingerprint density at radius 2 is 1.97 bits per heavy atom. The first-order valence-electron chi connectivity index (χ1n) is 12.2. The molecule has 2 unspecified atom stereocenters. The Balaban J connectivity index is 1.46. The normalized spacial score (nSPS) is 16.5. The van der Waals surface area contributed by atoms with Crippen molar-refractivity contribution in [1.82, 2.24) is 15.3 Å². The minimum absolute atomic E-state index is 0.0312. The number of carbonyl (C=O) groups excluding carboxylic acids is 1. The molecule has 0 bridgehead atoms. The predicted octanol–water partition coefficient (Wildman–Crippen LogP) is 6.90. The number of imidazole rings is 1. The van der Waals surface area contributed by atoms with E-state index in [-0.39, 0.29) is 23.7 Å². The Bertz CT molecular complexity index is 1240. The Morgan fingerprint density at radius 3 is 2.69 bits per heavy atom. The Kier molecular flexibility index (Phi) is 10.1. The summed E-state index contributed by atoms with van der Waals surface area (Å²) in [5.74, 6) is -0.883. The van der Waals surface area contributed by atoms with E-state index in [1.165, 1.54) is 12.1 Å². The van der Waals surface area contributed by atoms with E-state index in [9.17, 15) is 18.0 Å². The van der Waals surface area contributed by atoms with Gasteiger partial charge in [-0.3, -0.25) is 4.79 Å². The zero-order valence-electron chi connectivity index (χ0n) is 20.6. The van der Waals surface area contributed by atoms with Gasteiger partial charge in [-0.05, 0) is 55.5 Å². The van der Waals surface area contributed by atoms with E-state index in [4.69, 9.17) is 25.8 Å². The summed E-state index contributed by atoms with van der Waals surface area (Å²) in [6.07, 6.45) is -1.54. The van der Waals surface area contributed by atoms with Gasteiger partial charge in [-0.2, -0.15) is 4.98 Å². The van der Waals surface area contributed by atoms with Crippen molar-refractivity contribution in [2.45, 2.75) is 43.2 Å². The lowest BCUT2D eigenvalue weighted by molar-refractivity contribution is -0.274. The molecule has 2 heterocycles. The Morgan fingerprint density at radius 1 is 1.21 bits per heavy atom. The first-order valence-corrected chi connectivity index (χ1v) is 13.5. The van der Waals surface area contributed by atoms with Gasteiger partial charge in [-0.15, -0.1) is 13.2 Å². The summed E-state index contributed by atoms with van der Waals surface area (Å²) in [6.45, 7) is 1.45. The highest BCUT2D eigenvalue weighted by Crippen LogP contribution is 2.35. The number of hydrogen-bond acceptors (Lipinski definition) is 6. The summed E-state index contributed by atoms with van der Waals surface area (Å²) in [5, 5.41) is 3.37. The highest BCUT2D eigenvalue weighted by atomic mass is 79.9. The number of hydrogen-bond donors (Lipinski definition) is 2. The van der Waals surface area contributed by atoms with E-state index in [1.54, 1.807) is 24.3 Å². The molecule has 2 aromatic carbocycles.